The zero-order chi connectivity index (χ0) is 26.7. The van der Waals surface area contributed by atoms with E-state index in [0.717, 1.165) is 16.8 Å². The summed E-state index contributed by atoms with van der Waals surface area (Å²) in [5.74, 6) is -0.946. The maximum Gasteiger partial charge on any atom is 0.270 e. The lowest BCUT2D eigenvalue weighted by atomic mass is 10.1. The predicted molar refractivity (Wildman–Crippen MR) is 150 cm³/mol. The molecule has 1 saturated heterocycles. The molecule has 0 saturated carbocycles. The molecule has 0 aliphatic carbocycles. The van der Waals surface area contributed by atoms with Gasteiger partial charge in [-0.25, -0.2) is 4.39 Å². The number of methoxy groups -OCH3 is 1. The van der Waals surface area contributed by atoms with Crippen molar-refractivity contribution < 1.29 is 23.5 Å². The summed E-state index contributed by atoms with van der Waals surface area (Å²) in [6.07, 6.45) is 1.67. The molecule has 1 aliphatic heterocycles. The van der Waals surface area contributed by atoms with E-state index in [-0.39, 0.29) is 28.1 Å². The van der Waals surface area contributed by atoms with E-state index < -0.39 is 18.3 Å². The minimum absolute atomic E-state index is 0.0441. The van der Waals surface area contributed by atoms with Gasteiger partial charge in [0.05, 0.1) is 28.4 Å². The van der Waals surface area contributed by atoms with Gasteiger partial charge in [-0.1, -0.05) is 65.4 Å². The van der Waals surface area contributed by atoms with Crippen molar-refractivity contribution in [2.24, 2.45) is 0 Å². The minimum Gasteiger partial charge on any atom is -0.493 e. The topological polar surface area (TPSA) is 67.9 Å². The maximum absolute atomic E-state index is 13.8. The fraction of sp³-hybridized carbons (Fsp3) is 0.148. The number of anilines is 2. The first-order chi connectivity index (χ1) is 17.7. The largest absolute Gasteiger partial charge is 0.493 e. The predicted octanol–water partition coefficient (Wildman–Crippen LogP) is 6.53. The molecule has 0 atom stereocenters. The highest BCUT2D eigenvalue weighted by Crippen LogP contribution is 2.40. The number of thioether (sulfide) groups is 1. The summed E-state index contributed by atoms with van der Waals surface area (Å²) in [5.41, 5.74) is 3.41. The number of amides is 2. The lowest BCUT2D eigenvalue weighted by molar-refractivity contribution is -0.118. The molecule has 0 radical (unpaired) electrons. The van der Waals surface area contributed by atoms with Gasteiger partial charge >= 0.3 is 0 Å². The van der Waals surface area contributed by atoms with Crippen LogP contribution < -0.4 is 19.7 Å². The molecule has 2 amide bonds. The first-order valence-corrected chi connectivity index (χ1v) is 12.7. The number of hydrogen-bond donors (Lipinski definition) is 1. The molecule has 0 bridgehead atoms. The Labute approximate surface area is 228 Å². The lowest BCUT2D eigenvalue weighted by Crippen LogP contribution is -2.28. The maximum atomic E-state index is 13.8. The fourth-order valence-corrected chi connectivity index (χ4v) is 5.29. The second-order valence-corrected chi connectivity index (χ2v) is 10.2. The van der Waals surface area contributed by atoms with Crippen molar-refractivity contribution in [3.8, 4) is 11.5 Å². The van der Waals surface area contributed by atoms with Gasteiger partial charge in [0.1, 0.15) is 5.82 Å². The zero-order valence-electron chi connectivity index (χ0n) is 20.1. The van der Waals surface area contributed by atoms with Gasteiger partial charge in [-0.3, -0.25) is 14.5 Å². The molecule has 0 spiro atoms. The Kier molecular flexibility index (Phi) is 8.16. The Balaban J connectivity index is 1.52. The summed E-state index contributed by atoms with van der Waals surface area (Å²) in [7, 11) is 1.43. The minimum atomic E-state index is -0.567. The van der Waals surface area contributed by atoms with Crippen LogP contribution >= 0.6 is 35.6 Å². The summed E-state index contributed by atoms with van der Waals surface area (Å²) < 4.78 is 25.2. The van der Waals surface area contributed by atoms with Crippen LogP contribution in [0.5, 0.6) is 11.5 Å². The molecule has 4 rings (SSSR count). The molecular weight excluding hydrogens is 535 g/mol. The van der Waals surface area contributed by atoms with Crippen molar-refractivity contribution in [2.45, 2.75) is 13.8 Å². The second kappa shape index (κ2) is 11.3. The van der Waals surface area contributed by atoms with Crippen LogP contribution in [-0.2, 0) is 9.59 Å². The average molecular weight is 557 g/mol. The van der Waals surface area contributed by atoms with E-state index >= 15 is 0 Å². The van der Waals surface area contributed by atoms with Gasteiger partial charge in [-0.15, -0.1) is 0 Å². The molecule has 3 aromatic carbocycles. The summed E-state index contributed by atoms with van der Waals surface area (Å²) in [6, 6.07) is 14.9. The summed E-state index contributed by atoms with van der Waals surface area (Å²) in [6.45, 7) is 3.50. The van der Waals surface area contributed by atoms with Crippen LogP contribution in [0.3, 0.4) is 0 Å². The number of thiocarbonyl (C=S) groups is 1. The summed E-state index contributed by atoms with van der Waals surface area (Å²) in [5, 5.41) is 2.62. The van der Waals surface area contributed by atoms with E-state index in [2.05, 4.69) is 5.32 Å². The number of aryl methyl sites for hydroxylation is 2. The van der Waals surface area contributed by atoms with E-state index in [1.807, 2.05) is 32.0 Å². The van der Waals surface area contributed by atoms with E-state index in [0.29, 0.717) is 14.8 Å². The van der Waals surface area contributed by atoms with E-state index in [9.17, 15) is 14.0 Å². The van der Waals surface area contributed by atoms with Crippen LogP contribution in [0.4, 0.5) is 15.8 Å². The van der Waals surface area contributed by atoms with Gasteiger partial charge in [-0.2, -0.15) is 0 Å². The number of carbonyl (C=O) groups excluding carboxylic acids is 2. The molecule has 10 heteroatoms. The van der Waals surface area contributed by atoms with Crippen LogP contribution in [0.1, 0.15) is 16.7 Å². The highest BCUT2D eigenvalue weighted by Gasteiger charge is 2.34. The fourth-order valence-electron chi connectivity index (χ4n) is 3.73. The molecule has 6 nitrogen and oxygen atoms in total. The number of carbonyl (C=O) groups is 2. The van der Waals surface area contributed by atoms with Crippen molar-refractivity contribution in [3.05, 3.63) is 87.0 Å². The van der Waals surface area contributed by atoms with Gasteiger partial charge in [0, 0.05) is 0 Å². The molecule has 190 valence electrons. The standard InChI is InChI=1S/C27H22ClFN2O4S2/c1-15-8-9-21(16(2)10-15)31-26(33)23(37-27(31)36)13-17-11-18(28)25(22(12-17)34-3)35-14-24(32)30-20-7-5-4-6-19(20)29/h4-13H,14H2,1-3H3,(H,30,32)/b23-13-. The van der Waals surface area contributed by atoms with Crippen LogP contribution in [0, 0.1) is 19.7 Å². The monoisotopic (exact) mass is 556 g/mol. The normalized spacial score (nSPS) is 14.3. The Morgan fingerprint density at radius 3 is 2.65 bits per heavy atom. The van der Waals surface area contributed by atoms with Crippen molar-refractivity contribution in [1.29, 1.82) is 0 Å². The molecular formula is C27H22ClFN2O4S2. The number of benzene rings is 3. The van der Waals surface area contributed by atoms with Crippen molar-refractivity contribution in [2.75, 3.05) is 23.9 Å². The third-order valence-electron chi connectivity index (χ3n) is 5.43. The van der Waals surface area contributed by atoms with Crippen molar-refractivity contribution in [3.63, 3.8) is 0 Å². The number of nitrogens with zero attached hydrogens (tertiary/aromatic N) is 1. The average Bonchev–Trinajstić information content (AvgIpc) is 3.12. The quantitative estimate of drug-likeness (QED) is 0.264. The summed E-state index contributed by atoms with van der Waals surface area (Å²) in [4.78, 5) is 27.4. The third-order valence-corrected chi connectivity index (χ3v) is 7.01. The Bertz CT molecular complexity index is 1440. The number of nitrogens with one attached hydrogen (secondary N) is 1. The van der Waals surface area contributed by atoms with Crippen molar-refractivity contribution in [1.82, 2.24) is 0 Å². The van der Waals surface area contributed by atoms with E-state index in [1.165, 1.54) is 42.0 Å². The third kappa shape index (κ3) is 5.95. The molecule has 3 aromatic rings. The lowest BCUT2D eigenvalue weighted by Gasteiger charge is -2.17. The smallest absolute Gasteiger partial charge is 0.270 e. The van der Waals surface area contributed by atoms with Crippen LogP contribution in [0.25, 0.3) is 6.08 Å². The Hall–Kier alpha value is -3.40. The molecule has 1 fully saturated rings. The molecule has 0 unspecified atom stereocenters. The van der Waals surface area contributed by atoms with Gasteiger partial charge in [0.2, 0.25) is 0 Å². The number of para-hydroxylation sites is 1. The zero-order valence-corrected chi connectivity index (χ0v) is 22.5. The van der Waals surface area contributed by atoms with Crippen LogP contribution in [-0.4, -0.2) is 29.9 Å². The first kappa shape index (κ1) is 26.7. The number of halogens is 2. The molecule has 0 aromatic heterocycles. The van der Waals surface area contributed by atoms with Gasteiger partial charge in [0.15, 0.2) is 22.4 Å². The Morgan fingerprint density at radius 2 is 1.95 bits per heavy atom. The highest BCUT2D eigenvalue weighted by atomic mass is 35.5. The Morgan fingerprint density at radius 1 is 1.19 bits per heavy atom. The first-order valence-electron chi connectivity index (χ1n) is 11.1. The van der Waals surface area contributed by atoms with Gasteiger partial charge in [0.25, 0.3) is 11.8 Å². The number of rotatable bonds is 7. The molecule has 1 aliphatic rings. The van der Waals surface area contributed by atoms with Gasteiger partial charge in [-0.05, 0) is 61.4 Å². The highest BCUT2D eigenvalue weighted by molar-refractivity contribution is 8.27. The molecule has 1 N–H and O–H groups in total. The molecule has 37 heavy (non-hydrogen) atoms. The van der Waals surface area contributed by atoms with Crippen LogP contribution in [0.2, 0.25) is 5.02 Å². The van der Waals surface area contributed by atoms with Gasteiger partial charge < -0.3 is 14.8 Å². The van der Waals surface area contributed by atoms with Crippen LogP contribution in [0.15, 0.2) is 59.5 Å². The summed E-state index contributed by atoms with van der Waals surface area (Å²) >= 11 is 13.1. The number of hydrogen-bond acceptors (Lipinski definition) is 6. The van der Waals surface area contributed by atoms with E-state index in [4.69, 9.17) is 33.3 Å². The van der Waals surface area contributed by atoms with Crippen molar-refractivity contribution >= 4 is 69.2 Å². The van der Waals surface area contributed by atoms with E-state index in [1.54, 1.807) is 24.3 Å². The SMILES string of the molecule is COc1cc(/C=C2\SC(=S)N(c3ccc(C)cc3C)C2=O)cc(Cl)c1OCC(=O)Nc1ccccc1F. The molecule has 1 heterocycles. The second-order valence-electron chi connectivity index (χ2n) is 8.16. The number of ether oxygens (including phenoxy) is 2.